The Morgan fingerprint density at radius 1 is 1.00 bits per heavy atom. The molecule has 0 spiro atoms. The zero-order valence-electron chi connectivity index (χ0n) is 25.0. The molecule has 1 aliphatic carbocycles. The van der Waals surface area contributed by atoms with Gasteiger partial charge in [0.15, 0.2) is 5.69 Å². The summed E-state index contributed by atoms with van der Waals surface area (Å²) in [6, 6.07) is 20.6. The molecule has 5 rings (SSSR count). The Kier molecular flexibility index (Phi) is 10.4. The number of nitrogens with zero attached hydrogens (tertiary/aromatic N) is 2. The fourth-order valence-corrected chi connectivity index (χ4v) is 6.22. The Morgan fingerprint density at radius 3 is 2.36 bits per heavy atom. The summed E-state index contributed by atoms with van der Waals surface area (Å²) in [5, 5.41) is 5.95. The van der Waals surface area contributed by atoms with Crippen LogP contribution in [0, 0.1) is 5.82 Å². The predicted octanol–water partition coefficient (Wildman–Crippen LogP) is 5.68. The molecule has 1 heterocycles. The average molecular weight is 630 g/mol. The molecule has 4 N–H and O–H groups in total. The third-order valence-corrected chi connectivity index (χ3v) is 8.75. The van der Waals surface area contributed by atoms with E-state index in [1.54, 1.807) is 24.3 Å². The standard InChI is InChI=1S/C34H36FN5O4S/c1-44-27-18-16-26(17-19-27)40(34(43)31-28(36)29(39-45-31)32(41)38-25-10-6-3-7-11-25)30(23-12-14-24(35)15-13-23)33(42)37-21-20-22-8-4-2-5-9-22/h2,4-5,8-9,12-19,25,30H,3,6-7,10-11,20-21,36H2,1H3,(H,37,42)(H,38,41). The average Bonchev–Trinajstić information content (AvgIpc) is 3.46. The van der Waals surface area contributed by atoms with E-state index in [1.165, 1.54) is 36.3 Å². The Balaban J connectivity index is 1.49. The summed E-state index contributed by atoms with van der Waals surface area (Å²) in [7, 11) is 1.53. The minimum absolute atomic E-state index is 0.0174. The molecule has 234 valence electrons. The van der Waals surface area contributed by atoms with Gasteiger partial charge in [-0.2, -0.15) is 4.37 Å². The molecule has 1 atom stereocenters. The van der Waals surface area contributed by atoms with Gasteiger partial charge in [-0.25, -0.2) is 4.39 Å². The van der Waals surface area contributed by atoms with Crippen LogP contribution in [0.1, 0.15) is 69.4 Å². The van der Waals surface area contributed by atoms with Crippen LogP contribution in [-0.4, -0.2) is 41.8 Å². The van der Waals surface area contributed by atoms with Crippen LogP contribution < -0.4 is 26.0 Å². The number of anilines is 2. The van der Waals surface area contributed by atoms with Crippen molar-refractivity contribution in [1.29, 1.82) is 0 Å². The van der Waals surface area contributed by atoms with Crippen molar-refractivity contribution in [3.8, 4) is 5.75 Å². The van der Waals surface area contributed by atoms with Gasteiger partial charge in [-0.05, 0) is 78.3 Å². The van der Waals surface area contributed by atoms with E-state index in [1.807, 2.05) is 30.3 Å². The van der Waals surface area contributed by atoms with Gasteiger partial charge in [0.05, 0.1) is 12.8 Å². The SMILES string of the molecule is COc1ccc(N(C(=O)c2snc(C(=O)NC3CCCCC3)c2N)C(C(=O)NCCc2ccccc2)c2ccc(F)cc2)cc1. The summed E-state index contributed by atoms with van der Waals surface area (Å²) in [6.07, 6.45) is 5.55. The Morgan fingerprint density at radius 2 is 1.69 bits per heavy atom. The van der Waals surface area contributed by atoms with E-state index in [0.29, 0.717) is 30.0 Å². The van der Waals surface area contributed by atoms with E-state index in [2.05, 4.69) is 15.0 Å². The number of hydrogen-bond donors (Lipinski definition) is 3. The van der Waals surface area contributed by atoms with Crippen LogP contribution in [0.25, 0.3) is 0 Å². The fraction of sp³-hybridized carbons (Fsp3) is 0.294. The van der Waals surface area contributed by atoms with Crippen molar-refractivity contribution in [1.82, 2.24) is 15.0 Å². The molecular formula is C34H36FN5O4S. The van der Waals surface area contributed by atoms with E-state index >= 15 is 0 Å². The maximum atomic E-state index is 14.4. The number of nitrogen functional groups attached to an aromatic ring is 1. The van der Waals surface area contributed by atoms with Crippen molar-refractivity contribution in [2.75, 3.05) is 24.3 Å². The maximum Gasteiger partial charge on any atom is 0.273 e. The van der Waals surface area contributed by atoms with Gasteiger partial charge in [-0.3, -0.25) is 19.3 Å². The van der Waals surface area contributed by atoms with Crippen molar-refractivity contribution in [2.24, 2.45) is 0 Å². The Hall–Kier alpha value is -4.77. The highest BCUT2D eigenvalue weighted by Crippen LogP contribution is 2.34. The van der Waals surface area contributed by atoms with Gasteiger partial charge in [-0.15, -0.1) is 0 Å². The third kappa shape index (κ3) is 7.66. The van der Waals surface area contributed by atoms with E-state index in [4.69, 9.17) is 10.5 Å². The molecule has 45 heavy (non-hydrogen) atoms. The lowest BCUT2D eigenvalue weighted by Gasteiger charge is -2.31. The van der Waals surface area contributed by atoms with Crippen LogP contribution in [0.3, 0.4) is 0 Å². The molecule has 0 aliphatic heterocycles. The molecule has 1 saturated carbocycles. The summed E-state index contributed by atoms with van der Waals surface area (Å²) in [4.78, 5) is 42.9. The number of hydrogen-bond acceptors (Lipinski definition) is 7. The summed E-state index contributed by atoms with van der Waals surface area (Å²) >= 11 is 0.804. The molecule has 0 saturated heterocycles. The molecule has 0 bridgehead atoms. The number of carbonyl (C=O) groups excluding carboxylic acids is 3. The molecule has 3 amide bonds. The highest BCUT2D eigenvalue weighted by Gasteiger charge is 2.36. The molecule has 4 aromatic rings. The summed E-state index contributed by atoms with van der Waals surface area (Å²) in [6.45, 7) is 0.305. The summed E-state index contributed by atoms with van der Waals surface area (Å²) < 4.78 is 23.6. The molecule has 1 unspecified atom stereocenters. The topological polar surface area (TPSA) is 127 Å². The van der Waals surface area contributed by atoms with E-state index in [9.17, 15) is 18.8 Å². The normalized spacial score (nSPS) is 13.9. The van der Waals surface area contributed by atoms with Crippen LogP contribution in [0.4, 0.5) is 15.8 Å². The molecular weight excluding hydrogens is 593 g/mol. The monoisotopic (exact) mass is 629 g/mol. The highest BCUT2D eigenvalue weighted by atomic mass is 32.1. The zero-order valence-corrected chi connectivity index (χ0v) is 25.8. The fourth-order valence-electron chi connectivity index (χ4n) is 5.49. The van der Waals surface area contributed by atoms with Crippen LogP contribution in [0.15, 0.2) is 78.9 Å². The first-order valence-electron chi connectivity index (χ1n) is 15.0. The molecule has 3 aromatic carbocycles. The number of benzene rings is 3. The van der Waals surface area contributed by atoms with Crippen molar-refractivity contribution < 1.29 is 23.5 Å². The number of carbonyl (C=O) groups is 3. The summed E-state index contributed by atoms with van der Waals surface area (Å²) in [5.41, 5.74) is 8.14. The van der Waals surface area contributed by atoms with Crippen molar-refractivity contribution in [3.05, 3.63) is 106 Å². The van der Waals surface area contributed by atoms with Gasteiger partial charge in [0.25, 0.3) is 11.8 Å². The zero-order chi connectivity index (χ0) is 31.8. The van der Waals surface area contributed by atoms with Crippen molar-refractivity contribution in [2.45, 2.75) is 50.6 Å². The molecule has 1 aliphatic rings. The van der Waals surface area contributed by atoms with E-state index in [-0.39, 0.29) is 22.3 Å². The second kappa shape index (κ2) is 14.8. The Bertz CT molecular complexity index is 1610. The number of methoxy groups -OCH3 is 1. The van der Waals surface area contributed by atoms with Gasteiger partial charge in [-0.1, -0.05) is 61.7 Å². The first-order chi connectivity index (χ1) is 21.9. The number of aromatic nitrogens is 1. The lowest BCUT2D eigenvalue weighted by Crippen LogP contribution is -2.44. The third-order valence-electron chi connectivity index (χ3n) is 7.90. The lowest BCUT2D eigenvalue weighted by atomic mass is 9.95. The first-order valence-corrected chi connectivity index (χ1v) is 15.7. The second-order valence-corrected chi connectivity index (χ2v) is 11.7. The van der Waals surface area contributed by atoms with Crippen LogP contribution in [0.5, 0.6) is 5.75 Å². The van der Waals surface area contributed by atoms with E-state index in [0.717, 1.165) is 49.2 Å². The molecule has 11 heteroatoms. The van der Waals surface area contributed by atoms with Crippen molar-refractivity contribution in [3.63, 3.8) is 0 Å². The van der Waals surface area contributed by atoms with Crippen LogP contribution >= 0.6 is 11.5 Å². The highest BCUT2D eigenvalue weighted by molar-refractivity contribution is 7.09. The lowest BCUT2D eigenvalue weighted by molar-refractivity contribution is -0.122. The minimum Gasteiger partial charge on any atom is -0.497 e. The smallest absolute Gasteiger partial charge is 0.273 e. The number of rotatable bonds is 11. The van der Waals surface area contributed by atoms with Crippen molar-refractivity contribution >= 4 is 40.6 Å². The number of halogens is 1. The van der Waals surface area contributed by atoms with Gasteiger partial charge in [0.1, 0.15) is 22.5 Å². The minimum atomic E-state index is -1.21. The molecule has 0 radical (unpaired) electrons. The second-order valence-electron chi connectivity index (χ2n) is 10.9. The number of nitrogens with two attached hydrogens (primary N) is 1. The molecule has 9 nitrogen and oxygen atoms in total. The predicted molar refractivity (Wildman–Crippen MR) is 173 cm³/mol. The number of ether oxygens (including phenoxy) is 1. The summed E-state index contributed by atoms with van der Waals surface area (Å²) in [5.74, 6) is -1.46. The van der Waals surface area contributed by atoms with Gasteiger partial charge in [0, 0.05) is 18.3 Å². The van der Waals surface area contributed by atoms with Crippen LogP contribution in [-0.2, 0) is 11.2 Å². The van der Waals surface area contributed by atoms with E-state index < -0.39 is 29.6 Å². The molecule has 1 aromatic heterocycles. The number of amides is 3. The first kappa shape index (κ1) is 31.6. The van der Waals surface area contributed by atoms with Gasteiger partial charge in [0.2, 0.25) is 5.91 Å². The largest absolute Gasteiger partial charge is 0.497 e. The quantitative estimate of drug-likeness (QED) is 0.196. The number of nitrogens with one attached hydrogen (secondary N) is 2. The maximum absolute atomic E-state index is 14.4. The van der Waals surface area contributed by atoms with Gasteiger partial charge < -0.3 is 21.1 Å². The van der Waals surface area contributed by atoms with Gasteiger partial charge >= 0.3 is 0 Å². The van der Waals surface area contributed by atoms with Crippen LogP contribution in [0.2, 0.25) is 0 Å². The Labute approximate surface area is 265 Å². The molecule has 1 fully saturated rings.